The standard InChI is InChI=1S/C15H32N2/c1-5-9-17(12-14-7-8-14)15(6-2)11-16-10-13(3)4/h13-16H,5-12H2,1-4H3. The molecular formula is C15H32N2. The Morgan fingerprint density at radius 1 is 1.18 bits per heavy atom. The molecule has 0 saturated heterocycles. The molecule has 1 aliphatic carbocycles. The fourth-order valence-corrected chi connectivity index (χ4v) is 2.41. The molecule has 17 heavy (non-hydrogen) atoms. The lowest BCUT2D eigenvalue weighted by molar-refractivity contribution is 0.178. The summed E-state index contributed by atoms with van der Waals surface area (Å²) in [5, 5.41) is 3.63. The average Bonchev–Trinajstić information content (AvgIpc) is 3.07. The Labute approximate surface area is 108 Å². The summed E-state index contributed by atoms with van der Waals surface area (Å²) >= 11 is 0. The van der Waals surface area contributed by atoms with Crippen molar-refractivity contribution in [3.05, 3.63) is 0 Å². The highest BCUT2D eigenvalue weighted by molar-refractivity contribution is 4.81. The van der Waals surface area contributed by atoms with Gasteiger partial charge < -0.3 is 5.32 Å². The van der Waals surface area contributed by atoms with Crippen LogP contribution in [0.2, 0.25) is 0 Å². The Balaban J connectivity index is 2.30. The molecule has 1 rings (SSSR count). The highest BCUT2D eigenvalue weighted by Gasteiger charge is 2.26. The van der Waals surface area contributed by atoms with Gasteiger partial charge in [0.05, 0.1) is 0 Å². The van der Waals surface area contributed by atoms with Gasteiger partial charge in [0, 0.05) is 19.1 Å². The van der Waals surface area contributed by atoms with Crippen LogP contribution in [0.15, 0.2) is 0 Å². The van der Waals surface area contributed by atoms with E-state index in [9.17, 15) is 0 Å². The van der Waals surface area contributed by atoms with Crippen LogP contribution in [0.5, 0.6) is 0 Å². The number of hydrogen-bond acceptors (Lipinski definition) is 2. The minimum absolute atomic E-state index is 0.745. The van der Waals surface area contributed by atoms with Crippen molar-refractivity contribution in [2.45, 2.75) is 59.4 Å². The molecule has 1 fully saturated rings. The topological polar surface area (TPSA) is 15.3 Å². The number of nitrogens with zero attached hydrogens (tertiary/aromatic N) is 1. The fourth-order valence-electron chi connectivity index (χ4n) is 2.41. The predicted octanol–water partition coefficient (Wildman–Crippen LogP) is 3.13. The molecule has 0 aromatic rings. The van der Waals surface area contributed by atoms with Crippen molar-refractivity contribution in [3.63, 3.8) is 0 Å². The van der Waals surface area contributed by atoms with Crippen molar-refractivity contribution < 1.29 is 0 Å². The molecule has 0 radical (unpaired) electrons. The molecule has 0 aliphatic heterocycles. The lowest BCUT2D eigenvalue weighted by Gasteiger charge is -2.31. The summed E-state index contributed by atoms with van der Waals surface area (Å²) in [5.74, 6) is 1.77. The van der Waals surface area contributed by atoms with Crippen LogP contribution in [0.1, 0.15) is 53.4 Å². The van der Waals surface area contributed by atoms with Gasteiger partial charge in [0.2, 0.25) is 0 Å². The van der Waals surface area contributed by atoms with Crippen LogP contribution in [-0.4, -0.2) is 37.1 Å². The third-order valence-corrected chi connectivity index (χ3v) is 3.62. The van der Waals surface area contributed by atoms with E-state index < -0.39 is 0 Å². The van der Waals surface area contributed by atoms with Gasteiger partial charge in [-0.15, -0.1) is 0 Å². The first-order valence-electron chi connectivity index (χ1n) is 7.62. The Morgan fingerprint density at radius 2 is 1.88 bits per heavy atom. The first-order chi connectivity index (χ1) is 8.17. The van der Waals surface area contributed by atoms with Crippen LogP contribution >= 0.6 is 0 Å². The molecule has 0 aromatic carbocycles. The summed E-state index contributed by atoms with van der Waals surface area (Å²) in [4.78, 5) is 2.73. The summed E-state index contributed by atoms with van der Waals surface area (Å²) in [7, 11) is 0. The smallest absolute Gasteiger partial charge is 0.0218 e. The monoisotopic (exact) mass is 240 g/mol. The number of hydrogen-bond donors (Lipinski definition) is 1. The van der Waals surface area contributed by atoms with E-state index in [1.807, 2.05) is 0 Å². The second kappa shape index (κ2) is 8.10. The van der Waals surface area contributed by atoms with E-state index in [1.165, 1.54) is 45.3 Å². The van der Waals surface area contributed by atoms with Crippen molar-refractivity contribution in [3.8, 4) is 0 Å². The Bertz CT molecular complexity index is 187. The van der Waals surface area contributed by atoms with E-state index in [4.69, 9.17) is 0 Å². The maximum Gasteiger partial charge on any atom is 0.0218 e. The lowest BCUT2D eigenvalue weighted by Crippen LogP contribution is -2.44. The van der Waals surface area contributed by atoms with Gasteiger partial charge in [-0.1, -0.05) is 27.7 Å². The number of nitrogens with one attached hydrogen (secondary N) is 1. The maximum absolute atomic E-state index is 3.63. The third kappa shape index (κ3) is 6.42. The van der Waals surface area contributed by atoms with Gasteiger partial charge in [0.15, 0.2) is 0 Å². The van der Waals surface area contributed by atoms with Gasteiger partial charge in [-0.05, 0) is 50.6 Å². The molecule has 1 saturated carbocycles. The molecule has 1 unspecified atom stereocenters. The minimum Gasteiger partial charge on any atom is -0.315 e. The predicted molar refractivity (Wildman–Crippen MR) is 76.4 cm³/mol. The van der Waals surface area contributed by atoms with Crippen molar-refractivity contribution >= 4 is 0 Å². The minimum atomic E-state index is 0.745. The van der Waals surface area contributed by atoms with Crippen molar-refractivity contribution in [2.24, 2.45) is 11.8 Å². The maximum atomic E-state index is 3.63. The summed E-state index contributed by atoms with van der Waals surface area (Å²) in [6.07, 6.45) is 5.50. The van der Waals surface area contributed by atoms with Gasteiger partial charge in [0.1, 0.15) is 0 Å². The van der Waals surface area contributed by atoms with E-state index in [0.29, 0.717) is 0 Å². The van der Waals surface area contributed by atoms with Crippen LogP contribution < -0.4 is 5.32 Å². The Kier molecular flexibility index (Phi) is 7.14. The average molecular weight is 240 g/mol. The fraction of sp³-hybridized carbons (Fsp3) is 1.00. The van der Waals surface area contributed by atoms with Gasteiger partial charge in [-0.3, -0.25) is 4.90 Å². The van der Waals surface area contributed by atoms with Gasteiger partial charge in [-0.2, -0.15) is 0 Å². The van der Waals surface area contributed by atoms with E-state index in [2.05, 4.69) is 37.9 Å². The molecule has 1 aliphatic rings. The Hall–Kier alpha value is -0.0800. The van der Waals surface area contributed by atoms with Crippen LogP contribution in [0.4, 0.5) is 0 Å². The van der Waals surface area contributed by atoms with Crippen LogP contribution in [0.3, 0.4) is 0 Å². The molecule has 2 nitrogen and oxygen atoms in total. The van der Waals surface area contributed by atoms with E-state index >= 15 is 0 Å². The zero-order chi connectivity index (χ0) is 12.7. The highest BCUT2D eigenvalue weighted by Crippen LogP contribution is 2.30. The van der Waals surface area contributed by atoms with Gasteiger partial charge in [-0.25, -0.2) is 0 Å². The molecule has 2 heteroatoms. The SMILES string of the molecule is CCCN(CC1CC1)C(CC)CNCC(C)C. The molecule has 0 aromatic heterocycles. The first kappa shape index (κ1) is 15.0. The molecule has 1 N–H and O–H groups in total. The van der Waals surface area contributed by atoms with E-state index in [1.54, 1.807) is 0 Å². The van der Waals surface area contributed by atoms with Crippen molar-refractivity contribution in [2.75, 3.05) is 26.2 Å². The van der Waals surface area contributed by atoms with E-state index in [0.717, 1.165) is 24.4 Å². The molecule has 0 amide bonds. The molecular weight excluding hydrogens is 208 g/mol. The summed E-state index contributed by atoms with van der Waals surface area (Å²) in [6, 6.07) is 0.745. The van der Waals surface area contributed by atoms with Gasteiger partial charge >= 0.3 is 0 Å². The largest absolute Gasteiger partial charge is 0.315 e. The second-order valence-corrected chi connectivity index (χ2v) is 6.05. The van der Waals surface area contributed by atoms with Crippen LogP contribution in [0, 0.1) is 11.8 Å². The molecule has 0 bridgehead atoms. The normalized spacial score (nSPS) is 18.0. The quantitative estimate of drug-likeness (QED) is 0.631. The van der Waals surface area contributed by atoms with E-state index in [-0.39, 0.29) is 0 Å². The van der Waals surface area contributed by atoms with Crippen LogP contribution in [0.25, 0.3) is 0 Å². The first-order valence-corrected chi connectivity index (χ1v) is 7.62. The zero-order valence-corrected chi connectivity index (χ0v) is 12.3. The van der Waals surface area contributed by atoms with Gasteiger partial charge in [0.25, 0.3) is 0 Å². The van der Waals surface area contributed by atoms with Crippen LogP contribution in [-0.2, 0) is 0 Å². The van der Waals surface area contributed by atoms with Crippen molar-refractivity contribution in [1.29, 1.82) is 0 Å². The third-order valence-electron chi connectivity index (χ3n) is 3.62. The molecule has 0 spiro atoms. The molecule has 0 heterocycles. The Morgan fingerprint density at radius 3 is 2.35 bits per heavy atom. The molecule has 102 valence electrons. The molecule has 1 atom stereocenters. The second-order valence-electron chi connectivity index (χ2n) is 6.05. The summed E-state index contributed by atoms with van der Waals surface area (Å²) in [5.41, 5.74) is 0. The lowest BCUT2D eigenvalue weighted by atomic mass is 10.1. The van der Waals surface area contributed by atoms with Crippen molar-refractivity contribution in [1.82, 2.24) is 10.2 Å². The summed E-state index contributed by atoms with van der Waals surface area (Å²) in [6.45, 7) is 14.1. The highest BCUT2D eigenvalue weighted by atomic mass is 15.2. The summed E-state index contributed by atoms with van der Waals surface area (Å²) < 4.78 is 0. The number of rotatable bonds is 10. The zero-order valence-electron chi connectivity index (χ0n) is 12.3.